The summed E-state index contributed by atoms with van der Waals surface area (Å²) in [6.07, 6.45) is 0. The molecule has 0 N–H and O–H groups in total. The molecule has 3 aromatic carbocycles. The lowest BCUT2D eigenvalue weighted by atomic mass is 10.1. The molecule has 7 heteroatoms. The molecule has 1 heterocycles. The highest BCUT2D eigenvalue weighted by Gasteiger charge is 2.37. The van der Waals surface area contributed by atoms with Crippen LogP contribution in [0.25, 0.3) is 10.8 Å². The smallest absolute Gasteiger partial charge is 0.265 e. The first kappa shape index (κ1) is 18.4. The molecule has 1 amide bonds. The summed E-state index contributed by atoms with van der Waals surface area (Å²) in [5.74, 6) is -0.691. The molecule has 28 heavy (non-hydrogen) atoms. The SMILES string of the molecule is C[C@H](c1ccc(F)cc1)N(C)C(=O)CN1c2cccc3cccc(c23)S1(=O)=O. The van der Waals surface area contributed by atoms with Crippen molar-refractivity contribution in [2.24, 2.45) is 0 Å². The molecular weight excluding hydrogens is 379 g/mol. The van der Waals surface area contributed by atoms with Gasteiger partial charge in [0.2, 0.25) is 5.91 Å². The van der Waals surface area contributed by atoms with E-state index in [4.69, 9.17) is 0 Å². The van der Waals surface area contributed by atoms with Gasteiger partial charge in [-0.05, 0) is 42.1 Å². The maximum atomic E-state index is 13.2. The number of likely N-dealkylation sites (N-methyl/N-ethyl adjacent to an activating group) is 1. The molecule has 0 bridgehead atoms. The number of hydrogen-bond donors (Lipinski definition) is 0. The second kappa shape index (κ2) is 6.60. The van der Waals surface area contributed by atoms with Gasteiger partial charge in [-0.3, -0.25) is 9.10 Å². The van der Waals surface area contributed by atoms with E-state index in [9.17, 15) is 17.6 Å². The van der Waals surface area contributed by atoms with Gasteiger partial charge in [0.1, 0.15) is 12.4 Å². The quantitative estimate of drug-likeness (QED) is 0.673. The van der Waals surface area contributed by atoms with Gasteiger partial charge in [0.15, 0.2) is 0 Å². The largest absolute Gasteiger partial charge is 0.337 e. The minimum atomic E-state index is -3.79. The minimum Gasteiger partial charge on any atom is -0.337 e. The Bertz CT molecular complexity index is 1170. The van der Waals surface area contributed by atoms with Crippen LogP contribution in [0.3, 0.4) is 0 Å². The summed E-state index contributed by atoms with van der Waals surface area (Å²) in [7, 11) is -2.17. The van der Waals surface area contributed by atoms with Gasteiger partial charge in [-0.25, -0.2) is 12.8 Å². The second-order valence-corrected chi connectivity index (χ2v) is 8.71. The molecule has 0 aliphatic carbocycles. The normalized spacial score (nSPS) is 15.6. The van der Waals surface area contributed by atoms with E-state index in [1.807, 2.05) is 19.1 Å². The molecule has 0 radical (unpaired) electrons. The van der Waals surface area contributed by atoms with E-state index in [2.05, 4.69) is 0 Å². The van der Waals surface area contributed by atoms with Gasteiger partial charge in [0.05, 0.1) is 16.6 Å². The molecule has 144 valence electrons. The van der Waals surface area contributed by atoms with Crippen LogP contribution in [0.1, 0.15) is 18.5 Å². The molecule has 3 aromatic rings. The van der Waals surface area contributed by atoms with Crippen LogP contribution in [0.15, 0.2) is 65.6 Å². The highest BCUT2D eigenvalue weighted by molar-refractivity contribution is 7.93. The van der Waals surface area contributed by atoms with Crippen LogP contribution in [0, 0.1) is 5.82 Å². The van der Waals surface area contributed by atoms with E-state index < -0.39 is 10.0 Å². The third-order valence-corrected chi connectivity index (χ3v) is 7.09. The van der Waals surface area contributed by atoms with Crippen molar-refractivity contribution in [3.8, 4) is 0 Å². The average Bonchev–Trinajstić information content (AvgIpc) is 2.91. The molecule has 0 aromatic heterocycles. The highest BCUT2D eigenvalue weighted by atomic mass is 32.2. The number of amides is 1. The number of rotatable bonds is 4. The number of anilines is 1. The number of halogens is 1. The van der Waals surface area contributed by atoms with Gasteiger partial charge in [-0.15, -0.1) is 0 Å². The van der Waals surface area contributed by atoms with Crippen molar-refractivity contribution >= 4 is 32.4 Å². The third kappa shape index (κ3) is 2.82. The van der Waals surface area contributed by atoms with Crippen LogP contribution in [-0.4, -0.2) is 32.8 Å². The Morgan fingerprint density at radius 2 is 1.71 bits per heavy atom. The van der Waals surface area contributed by atoms with E-state index in [0.717, 1.165) is 10.9 Å². The fourth-order valence-corrected chi connectivity index (χ4v) is 5.20. The molecule has 1 aliphatic rings. The number of benzene rings is 3. The fourth-order valence-electron chi connectivity index (χ4n) is 3.54. The van der Waals surface area contributed by atoms with Crippen LogP contribution < -0.4 is 4.31 Å². The van der Waals surface area contributed by atoms with E-state index in [1.165, 1.54) is 21.3 Å². The molecule has 0 spiro atoms. The van der Waals surface area contributed by atoms with Gasteiger partial charge in [-0.2, -0.15) is 0 Å². The Kier molecular flexibility index (Phi) is 4.34. The molecule has 5 nitrogen and oxygen atoms in total. The van der Waals surface area contributed by atoms with Gasteiger partial charge < -0.3 is 4.90 Å². The zero-order chi connectivity index (χ0) is 20.1. The van der Waals surface area contributed by atoms with Gasteiger partial charge >= 0.3 is 0 Å². The summed E-state index contributed by atoms with van der Waals surface area (Å²) in [4.78, 5) is 14.6. The average molecular weight is 398 g/mol. The zero-order valence-electron chi connectivity index (χ0n) is 15.5. The van der Waals surface area contributed by atoms with Gasteiger partial charge in [0, 0.05) is 12.4 Å². The number of hydrogen-bond acceptors (Lipinski definition) is 3. The van der Waals surface area contributed by atoms with Crippen molar-refractivity contribution in [3.05, 3.63) is 72.0 Å². The number of carbonyl (C=O) groups is 1. The Morgan fingerprint density at radius 3 is 2.39 bits per heavy atom. The predicted octanol–water partition coefficient (Wildman–Crippen LogP) is 3.71. The Hall–Kier alpha value is -2.93. The predicted molar refractivity (Wildman–Crippen MR) is 106 cm³/mol. The third-order valence-electron chi connectivity index (χ3n) is 5.29. The topological polar surface area (TPSA) is 57.7 Å². The standard InChI is InChI=1S/C21H19FN2O3S/c1-14(15-9-11-17(22)12-10-15)23(2)20(25)13-24-18-7-3-5-16-6-4-8-19(21(16)18)28(24,26)27/h3-12,14H,13H2,1-2H3/t14-/m1/s1. The van der Waals surface area contributed by atoms with Crippen molar-refractivity contribution in [1.29, 1.82) is 0 Å². The molecule has 0 saturated heterocycles. The lowest BCUT2D eigenvalue weighted by Gasteiger charge is -2.28. The summed E-state index contributed by atoms with van der Waals surface area (Å²) in [5.41, 5.74) is 1.29. The Labute approximate surface area is 163 Å². The molecule has 0 unspecified atom stereocenters. The Balaban J connectivity index is 1.63. The van der Waals surface area contributed by atoms with Crippen molar-refractivity contribution < 1.29 is 17.6 Å². The first-order valence-corrected chi connectivity index (χ1v) is 10.3. The zero-order valence-corrected chi connectivity index (χ0v) is 16.3. The van der Waals surface area contributed by atoms with Gasteiger partial charge in [0.25, 0.3) is 10.0 Å². The lowest BCUT2D eigenvalue weighted by molar-refractivity contribution is -0.130. The number of carbonyl (C=O) groups excluding carboxylic acids is 1. The molecule has 0 fully saturated rings. The minimum absolute atomic E-state index is 0.225. The van der Waals surface area contributed by atoms with E-state index >= 15 is 0 Å². The summed E-state index contributed by atoms with van der Waals surface area (Å²) in [5, 5.41) is 1.47. The molecular formula is C21H19FN2O3S. The van der Waals surface area contributed by atoms with Crippen LogP contribution in [0.2, 0.25) is 0 Å². The highest BCUT2D eigenvalue weighted by Crippen LogP contribution is 2.41. The second-order valence-electron chi connectivity index (χ2n) is 6.88. The van der Waals surface area contributed by atoms with Gasteiger partial charge in [-0.1, -0.05) is 36.4 Å². The Morgan fingerprint density at radius 1 is 1.07 bits per heavy atom. The molecule has 4 rings (SSSR count). The number of nitrogens with zero attached hydrogens (tertiary/aromatic N) is 2. The molecule has 1 atom stereocenters. The van der Waals surface area contributed by atoms with Crippen LogP contribution in [0.4, 0.5) is 10.1 Å². The van der Waals surface area contributed by atoms with Crippen molar-refractivity contribution in [1.82, 2.24) is 4.90 Å². The first-order valence-electron chi connectivity index (χ1n) is 8.86. The van der Waals surface area contributed by atoms with E-state index in [1.54, 1.807) is 43.4 Å². The van der Waals surface area contributed by atoms with E-state index in [-0.39, 0.29) is 29.2 Å². The van der Waals surface area contributed by atoms with Crippen molar-refractivity contribution in [2.75, 3.05) is 17.9 Å². The summed E-state index contributed by atoms with van der Waals surface area (Å²) < 4.78 is 40.3. The molecule has 1 aliphatic heterocycles. The summed E-state index contributed by atoms with van der Waals surface area (Å²) in [6.45, 7) is 1.53. The first-order chi connectivity index (χ1) is 13.3. The summed E-state index contributed by atoms with van der Waals surface area (Å²) in [6, 6.07) is 16.1. The molecule has 0 saturated carbocycles. The van der Waals surface area contributed by atoms with Crippen molar-refractivity contribution in [3.63, 3.8) is 0 Å². The lowest BCUT2D eigenvalue weighted by Crippen LogP contribution is -2.40. The van der Waals surface area contributed by atoms with E-state index in [0.29, 0.717) is 11.1 Å². The maximum Gasteiger partial charge on any atom is 0.265 e. The number of sulfonamides is 1. The maximum absolute atomic E-state index is 13.2. The van der Waals surface area contributed by atoms with Crippen LogP contribution in [0.5, 0.6) is 0 Å². The van der Waals surface area contributed by atoms with Crippen LogP contribution in [-0.2, 0) is 14.8 Å². The monoisotopic (exact) mass is 398 g/mol. The fraction of sp³-hybridized carbons (Fsp3) is 0.190. The summed E-state index contributed by atoms with van der Waals surface area (Å²) >= 11 is 0. The van der Waals surface area contributed by atoms with Crippen LogP contribution >= 0.6 is 0 Å². The van der Waals surface area contributed by atoms with Crippen molar-refractivity contribution in [2.45, 2.75) is 17.9 Å².